The second-order valence-electron chi connectivity index (χ2n) is 6.63. The highest BCUT2D eigenvalue weighted by Crippen LogP contribution is 2.29. The minimum atomic E-state index is -0.543. The predicted molar refractivity (Wildman–Crippen MR) is 94.1 cm³/mol. The van der Waals surface area contributed by atoms with Crippen LogP contribution in [0.1, 0.15) is 36.5 Å². The molecule has 130 valence electrons. The van der Waals surface area contributed by atoms with Gasteiger partial charge in [0.15, 0.2) is 0 Å². The Morgan fingerprint density at radius 1 is 1.38 bits per heavy atom. The number of likely N-dealkylation sites (tertiary alicyclic amines) is 1. The Hall–Kier alpha value is -1.85. The number of β-amino-alcohol motifs (C(OH)–C–C–N with tert-alkyl or cyclic N) is 1. The first-order valence-corrected chi connectivity index (χ1v) is 8.71. The molecule has 1 aliphatic rings. The smallest absolute Gasteiger partial charge is 0.124 e. The molecule has 5 nitrogen and oxygen atoms in total. The van der Waals surface area contributed by atoms with Gasteiger partial charge < -0.3 is 9.84 Å². The number of aliphatic hydroxyl groups excluding tert-OH is 1. The van der Waals surface area contributed by atoms with Crippen molar-refractivity contribution in [3.05, 3.63) is 47.8 Å². The fourth-order valence-corrected chi connectivity index (χ4v) is 3.57. The molecule has 1 fully saturated rings. The summed E-state index contributed by atoms with van der Waals surface area (Å²) in [6.45, 7) is 4.57. The van der Waals surface area contributed by atoms with Crippen molar-refractivity contribution >= 4 is 0 Å². The zero-order chi connectivity index (χ0) is 16.9. The molecular formula is C19H27N3O2. The van der Waals surface area contributed by atoms with Crippen LogP contribution in [-0.2, 0) is 6.54 Å². The van der Waals surface area contributed by atoms with E-state index in [0.29, 0.717) is 12.6 Å². The lowest BCUT2D eigenvalue weighted by Gasteiger charge is -2.37. The van der Waals surface area contributed by atoms with E-state index in [1.165, 1.54) is 12.8 Å². The van der Waals surface area contributed by atoms with Crippen molar-refractivity contribution in [2.45, 2.75) is 44.9 Å². The van der Waals surface area contributed by atoms with E-state index < -0.39 is 6.10 Å². The van der Waals surface area contributed by atoms with Gasteiger partial charge in [0.25, 0.3) is 0 Å². The minimum Gasteiger partial charge on any atom is -0.496 e. The van der Waals surface area contributed by atoms with Crippen LogP contribution in [0.2, 0.25) is 0 Å². The van der Waals surface area contributed by atoms with Crippen LogP contribution in [0.3, 0.4) is 0 Å². The Morgan fingerprint density at radius 2 is 2.25 bits per heavy atom. The van der Waals surface area contributed by atoms with Crippen molar-refractivity contribution in [3.8, 4) is 5.75 Å². The molecule has 1 aliphatic heterocycles. The highest BCUT2D eigenvalue weighted by Gasteiger charge is 2.26. The molecule has 1 saturated heterocycles. The summed E-state index contributed by atoms with van der Waals surface area (Å²) in [6.07, 6.45) is 6.86. The number of aryl methyl sites for hydroxylation is 1. The number of ether oxygens (including phenoxy) is 1. The van der Waals surface area contributed by atoms with Crippen molar-refractivity contribution < 1.29 is 9.84 Å². The van der Waals surface area contributed by atoms with Gasteiger partial charge in [-0.15, -0.1) is 0 Å². The molecule has 0 bridgehead atoms. The molecule has 1 aromatic carbocycles. The summed E-state index contributed by atoms with van der Waals surface area (Å²) in [5, 5.41) is 15.1. The average molecular weight is 329 g/mol. The zero-order valence-electron chi connectivity index (χ0n) is 14.6. The van der Waals surface area contributed by atoms with Gasteiger partial charge in [-0.3, -0.25) is 9.58 Å². The van der Waals surface area contributed by atoms with Gasteiger partial charge in [0.2, 0.25) is 0 Å². The first-order valence-electron chi connectivity index (χ1n) is 8.71. The lowest BCUT2D eigenvalue weighted by atomic mass is 9.99. The SMILES string of the molecule is COc1ccc(C)cc1[C@@H](O)CN1CCCC[C@@H]1Cn1cccn1. The van der Waals surface area contributed by atoms with Gasteiger partial charge in [0, 0.05) is 30.5 Å². The average Bonchev–Trinajstić information content (AvgIpc) is 3.09. The molecule has 0 saturated carbocycles. The normalized spacial score (nSPS) is 20.0. The molecular weight excluding hydrogens is 302 g/mol. The van der Waals surface area contributed by atoms with Crippen molar-refractivity contribution in [1.82, 2.24) is 14.7 Å². The van der Waals surface area contributed by atoms with Crippen LogP contribution < -0.4 is 4.74 Å². The van der Waals surface area contributed by atoms with E-state index in [1.54, 1.807) is 7.11 Å². The maximum Gasteiger partial charge on any atom is 0.124 e. The Labute approximate surface area is 143 Å². The molecule has 2 heterocycles. The van der Waals surface area contributed by atoms with Crippen molar-refractivity contribution in [2.24, 2.45) is 0 Å². The molecule has 1 N–H and O–H groups in total. The third-order valence-corrected chi connectivity index (χ3v) is 4.86. The minimum absolute atomic E-state index is 0.420. The maximum absolute atomic E-state index is 10.8. The first-order chi connectivity index (χ1) is 11.7. The Balaban J connectivity index is 1.71. The number of aromatic nitrogens is 2. The molecule has 5 heteroatoms. The van der Waals surface area contributed by atoms with Crippen LogP contribution in [0.4, 0.5) is 0 Å². The lowest BCUT2D eigenvalue weighted by Crippen LogP contribution is -2.44. The summed E-state index contributed by atoms with van der Waals surface area (Å²) in [4.78, 5) is 2.40. The lowest BCUT2D eigenvalue weighted by molar-refractivity contribution is 0.0579. The van der Waals surface area contributed by atoms with Gasteiger partial charge >= 0.3 is 0 Å². The maximum atomic E-state index is 10.8. The predicted octanol–water partition coefficient (Wildman–Crippen LogP) is 2.79. The standard InChI is InChI=1S/C19H27N3O2/c1-15-7-8-19(24-2)17(12-15)18(23)14-21-10-4-3-6-16(21)13-22-11-5-9-20-22/h5,7-9,11-12,16,18,23H,3-4,6,10,13-14H2,1-2H3/t16-,18+/m1/s1. The second kappa shape index (κ2) is 7.81. The fourth-order valence-electron chi connectivity index (χ4n) is 3.57. The number of piperidine rings is 1. The van der Waals surface area contributed by atoms with Crippen LogP contribution in [0, 0.1) is 6.92 Å². The summed E-state index contributed by atoms with van der Waals surface area (Å²) in [5.74, 6) is 0.758. The van der Waals surface area contributed by atoms with Gasteiger partial charge in [0.05, 0.1) is 19.8 Å². The third kappa shape index (κ3) is 3.97. The number of nitrogens with zero attached hydrogens (tertiary/aromatic N) is 3. The highest BCUT2D eigenvalue weighted by atomic mass is 16.5. The van der Waals surface area contributed by atoms with Crippen LogP contribution in [-0.4, -0.2) is 46.0 Å². The van der Waals surface area contributed by atoms with Crippen LogP contribution in [0.5, 0.6) is 5.75 Å². The Bertz CT molecular complexity index is 642. The summed E-state index contributed by atoms with van der Waals surface area (Å²) in [5.41, 5.74) is 2.01. The topological polar surface area (TPSA) is 50.5 Å². The molecule has 24 heavy (non-hydrogen) atoms. The van der Waals surface area contributed by atoms with Crippen molar-refractivity contribution in [1.29, 1.82) is 0 Å². The molecule has 0 amide bonds. The number of hydrogen-bond acceptors (Lipinski definition) is 4. The third-order valence-electron chi connectivity index (χ3n) is 4.86. The van der Waals surface area contributed by atoms with Gasteiger partial charge in [-0.2, -0.15) is 5.10 Å². The Morgan fingerprint density at radius 3 is 3.00 bits per heavy atom. The first kappa shape index (κ1) is 17.0. The van der Waals surface area contributed by atoms with E-state index >= 15 is 0 Å². The molecule has 3 rings (SSSR count). The van der Waals surface area contributed by atoms with Crippen molar-refractivity contribution in [3.63, 3.8) is 0 Å². The largest absolute Gasteiger partial charge is 0.496 e. The molecule has 2 aromatic rings. The van der Waals surface area contributed by atoms with E-state index in [1.807, 2.05) is 48.3 Å². The van der Waals surface area contributed by atoms with E-state index in [2.05, 4.69) is 10.00 Å². The molecule has 0 spiro atoms. The van der Waals surface area contributed by atoms with E-state index in [9.17, 15) is 5.11 Å². The van der Waals surface area contributed by atoms with Gasteiger partial charge in [-0.1, -0.05) is 18.1 Å². The van der Waals surface area contributed by atoms with E-state index in [0.717, 1.165) is 36.4 Å². The summed E-state index contributed by atoms with van der Waals surface area (Å²) in [7, 11) is 1.66. The zero-order valence-corrected chi connectivity index (χ0v) is 14.6. The van der Waals surface area contributed by atoms with E-state index in [4.69, 9.17) is 4.74 Å². The monoisotopic (exact) mass is 329 g/mol. The summed E-state index contributed by atoms with van der Waals surface area (Å²) in [6, 6.07) is 8.35. The number of rotatable bonds is 6. The summed E-state index contributed by atoms with van der Waals surface area (Å²) < 4.78 is 7.42. The van der Waals surface area contributed by atoms with Gasteiger partial charge in [-0.05, 0) is 44.5 Å². The quantitative estimate of drug-likeness (QED) is 0.885. The molecule has 0 radical (unpaired) electrons. The molecule has 1 aromatic heterocycles. The van der Waals surface area contributed by atoms with E-state index in [-0.39, 0.29) is 0 Å². The molecule has 2 atom stereocenters. The highest BCUT2D eigenvalue weighted by molar-refractivity contribution is 5.38. The molecule has 0 unspecified atom stereocenters. The summed E-state index contributed by atoms with van der Waals surface area (Å²) >= 11 is 0. The number of benzene rings is 1. The second-order valence-corrected chi connectivity index (χ2v) is 6.63. The van der Waals surface area contributed by atoms with Gasteiger partial charge in [0.1, 0.15) is 5.75 Å². The van der Waals surface area contributed by atoms with Crippen LogP contribution in [0.15, 0.2) is 36.7 Å². The van der Waals surface area contributed by atoms with Crippen LogP contribution >= 0.6 is 0 Å². The number of aliphatic hydroxyl groups is 1. The van der Waals surface area contributed by atoms with Gasteiger partial charge in [-0.25, -0.2) is 0 Å². The fraction of sp³-hybridized carbons (Fsp3) is 0.526. The van der Waals surface area contributed by atoms with Crippen molar-refractivity contribution in [2.75, 3.05) is 20.2 Å². The Kier molecular flexibility index (Phi) is 5.53. The number of hydrogen-bond donors (Lipinski definition) is 1. The molecule has 0 aliphatic carbocycles. The van der Waals surface area contributed by atoms with Crippen LogP contribution in [0.25, 0.3) is 0 Å². The number of methoxy groups -OCH3 is 1.